The Bertz CT molecular complexity index is 711. The second-order valence-corrected chi connectivity index (χ2v) is 6.56. The molecule has 0 spiro atoms. The molecular weight excluding hydrogens is 335 g/mol. The number of hydrogen-bond acceptors (Lipinski definition) is 4. The third kappa shape index (κ3) is 4.82. The van der Waals surface area contributed by atoms with E-state index in [2.05, 4.69) is 10.4 Å². The summed E-state index contributed by atoms with van der Waals surface area (Å²) >= 11 is 0. The summed E-state index contributed by atoms with van der Waals surface area (Å²) in [6.07, 6.45) is 4.78. The lowest BCUT2D eigenvalue weighted by molar-refractivity contribution is 0.0780. The van der Waals surface area contributed by atoms with Crippen LogP contribution in [0.3, 0.4) is 0 Å². The summed E-state index contributed by atoms with van der Waals surface area (Å²) in [6, 6.07) is 8.02. The maximum atomic E-state index is 12.8. The average Bonchev–Trinajstić information content (AvgIpc) is 3.17. The molecule has 0 radical (unpaired) electrons. The number of benzene rings is 1. The molecule has 0 aliphatic carbocycles. The van der Waals surface area contributed by atoms with E-state index in [0.717, 1.165) is 25.9 Å². The lowest BCUT2D eigenvalue weighted by atomic mass is 10.1. The number of halogens is 1. The van der Waals surface area contributed by atoms with Crippen molar-refractivity contribution in [1.82, 2.24) is 20.0 Å². The fourth-order valence-corrected chi connectivity index (χ4v) is 3.03. The number of carbonyl (C=O) groups is 1. The zero-order valence-electron chi connectivity index (χ0n) is 15.0. The van der Waals surface area contributed by atoms with Gasteiger partial charge in [0.25, 0.3) is 5.91 Å². The van der Waals surface area contributed by atoms with E-state index in [1.165, 1.54) is 12.1 Å². The molecule has 3 rings (SSSR count). The highest BCUT2D eigenvalue weighted by atomic mass is 19.1. The first-order valence-electron chi connectivity index (χ1n) is 9.03. The van der Waals surface area contributed by atoms with Crippen molar-refractivity contribution < 1.29 is 13.9 Å². The van der Waals surface area contributed by atoms with Crippen molar-refractivity contribution in [2.45, 2.75) is 25.3 Å². The van der Waals surface area contributed by atoms with Gasteiger partial charge in [-0.05, 0) is 56.1 Å². The number of rotatable bonds is 7. The van der Waals surface area contributed by atoms with Crippen molar-refractivity contribution in [2.75, 3.05) is 33.3 Å². The Hall–Kier alpha value is -2.41. The molecule has 1 N–H and O–H groups in total. The van der Waals surface area contributed by atoms with Crippen LogP contribution < -0.4 is 10.1 Å². The minimum Gasteiger partial charge on any atom is -0.494 e. The molecule has 7 heteroatoms. The van der Waals surface area contributed by atoms with Crippen LogP contribution in [-0.4, -0.2) is 53.9 Å². The molecule has 2 aromatic rings. The van der Waals surface area contributed by atoms with Crippen molar-refractivity contribution in [3.8, 4) is 5.75 Å². The van der Waals surface area contributed by atoms with Gasteiger partial charge < -0.3 is 15.0 Å². The van der Waals surface area contributed by atoms with Crippen molar-refractivity contribution in [2.24, 2.45) is 0 Å². The molecule has 1 aromatic heterocycles. The standard InChI is InChI=1S/C19H25FN4O2/c1-23(11-3-13-26-17-7-5-15(20)6-8-17)19(25)18-9-12-24(22-18)16-4-2-10-21-14-16/h5-9,12,16,21H,2-4,10-11,13-14H2,1H3. The molecule has 0 saturated carbocycles. The molecule has 26 heavy (non-hydrogen) atoms. The van der Waals surface area contributed by atoms with Gasteiger partial charge in [0.1, 0.15) is 17.3 Å². The SMILES string of the molecule is CN(CCCOc1ccc(F)cc1)C(=O)c1ccn(C2CCCNC2)n1. The maximum Gasteiger partial charge on any atom is 0.274 e. The van der Waals surface area contributed by atoms with Gasteiger partial charge in [0.05, 0.1) is 12.6 Å². The summed E-state index contributed by atoms with van der Waals surface area (Å²) < 4.78 is 20.3. The van der Waals surface area contributed by atoms with Crippen LogP contribution in [-0.2, 0) is 0 Å². The normalized spacial score (nSPS) is 17.1. The molecule has 0 bridgehead atoms. The van der Waals surface area contributed by atoms with Crippen molar-refractivity contribution >= 4 is 5.91 Å². The Balaban J connectivity index is 1.44. The molecule has 1 unspecified atom stereocenters. The van der Waals surface area contributed by atoms with E-state index in [1.807, 2.05) is 10.9 Å². The molecule has 1 aliphatic heterocycles. The first kappa shape index (κ1) is 18.4. The first-order chi connectivity index (χ1) is 12.6. The number of amides is 1. The lowest BCUT2D eigenvalue weighted by Crippen LogP contribution is -2.32. The quantitative estimate of drug-likeness (QED) is 0.771. The molecular formula is C19H25FN4O2. The number of aromatic nitrogens is 2. The molecule has 1 atom stereocenters. The van der Waals surface area contributed by atoms with Crippen LogP contribution in [0.25, 0.3) is 0 Å². The van der Waals surface area contributed by atoms with E-state index in [4.69, 9.17) is 4.74 Å². The zero-order chi connectivity index (χ0) is 18.4. The lowest BCUT2D eigenvalue weighted by Gasteiger charge is -2.23. The van der Waals surface area contributed by atoms with E-state index >= 15 is 0 Å². The molecule has 6 nitrogen and oxygen atoms in total. The van der Waals surface area contributed by atoms with E-state index < -0.39 is 0 Å². The number of hydrogen-bond donors (Lipinski definition) is 1. The summed E-state index contributed by atoms with van der Waals surface area (Å²) in [4.78, 5) is 14.1. The third-order valence-electron chi connectivity index (χ3n) is 4.54. The van der Waals surface area contributed by atoms with Crippen LogP contribution >= 0.6 is 0 Å². The van der Waals surface area contributed by atoms with Gasteiger partial charge in [-0.1, -0.05) is 0 Å². The summed E-state index contributed by atoms with van der Waals surface area (Å²) in [7, 11) is 1.77. The molecule has 1 aliphatic rings. The number of nitrogens with one attached hydrogen (secondary N) is 1. The van der Waals surface area contributed by atoms with Gasteiger partial charge in [0.2, 0.25) is 0 Å². The van der Waals surface area contributed by atoms with Gasteiger partial charge in [0, 0.05) is 26.3 Å². The number of ether oxygens (including phenoxy) is 1. The largest absolute Gasteiger partial charge is 0.494 e. The monoisotopic (exact) mass is 360 g/mol. The van der Waals surface area contributed by atoms with Crippen molar-refractivity contribution in [1.29, 1.82) is 0 Å². The fourth-order valence-electron chi connectivity index (χ4n) is 3.03. The van der Waals surface area contributed by atoms with Gasteiger partial charge in [-0.25, -0.2) is 4.39 Å². The first-order valence-corrected chi connectivity index (χ1v) is 9.03. The van der Waals surface area contributed by atoms with E-state index in [9.17, 15) is 9.18 Å². The number of carbonyl (C=O) groups excluding carboxylic acids is 1. The summed E-state index contributed by atoms with van der Waals surface area (Å²) in [5.41, 5.74) is 0.470. The third-order valence-corrected chi connectivity index (χ3v) is 4.54. The molecule has 1 fully saturated rings. The zero-order valence-corrected chi connectivity index (χ0v) is 15.0. The average molecular weight is 360 g/mol. The summed E-state index contributed by atoms with van der Waals surface area (Å²) in [5, 5.41) is 7.81. The number of piperidine rings is 1. The molecule has 1 amide bonds. The van der Waals surface area contributed by atoms with Crippen molar-refractivity contribution in [3.05, 3.63) is 48.0 Å². The predicted octanol–water partition coefficient (Wildman–Crippen LogP) is 2.49. The topological polar surface area (TPSA) is 59.4 Å². The van der Waals surface area contributed by atoms with Crippen LogP contribution in [0.4, 0.5) is 4.39 Å². The van der Waals surface area contributed by atoms with E-state index in [0.29, 0.717) is 37.1 Å². The Morgan fingerprint density at radius 3 is 2.92 bits per heavy atom. The minimum absolute atomic E-state index is 0.0886. The van der Waals surface area contributed by atoms with E-state index in [-0.39, 0.29) is 11.7 Å². The Kier molecular flexibility index (Phi) is 6.22. The molecule has 1 aromatic carbocycles. The fraction of sp³-hybridized carbons (Fsp3) is 0.474. The van der Waals surface area contributed by atoms with Crippen LogP contribution in [0.15, 0.2) is 36.5 Å². The molecule has 140 valence electrons. The highest BCUT2D eigenvalue weighted by Gasteiger charge is 2.19. The van der Waals surface area contributed by atoms with Gasteiger partial charge in [-0.2, -0.15) is 5.10 Å². The number of nitrogens with zero attached hydrogens (tertiary/aromatic N) is 3. The Labute approximate surface area is 152 Å². The molecule has 2 heterocycles. The summed E-state index contributed by atoms with van der Waals surface area (Å²) in [5.74, 6) is 0.251. The van der Waals surface area contributed by atoms with Crippen LogP contribution in [0.2, 0.25) is 0 Å². The second kappa shape index (κ2) is 8.80. The van der Waals surface area contributed by atoms with Gasteiger partial charge in [-0.15, -0.1) is 0 Å². The Morgan fingerprint density at radius 1 is 1.38 bits per heavy atom. The van der Waals surface area contributed by atoms with Gasteiger partial charge in [0.15, 0.2) is 0 Å². The smallest absolute Gasteiger partial charge is 0.274 e. The van der Waals surface area contributed by atoms with Crippen LogP contribution in [0.1, 0.15) is 35.8 Å². The van der Waals surface area contributed by atoms with Gasteiger partial charge in [-0.3, -0.25) is 9.48 Å². The summed E-state index contributed by atoms with van der Waals surface area (Å²) in [6.45, 7) is 2.97. The minimum atomic E-state index is -0.286. The predicted molar refractivity (Wildman–Crippen MR) is 96.8 cm³/mol. The van der Waals surface area contributed by atoms with Crippen LogP contribution in [0.5, 0.6) is 5.75 Å². The highest BCUT2D eigenvalue weighted by Crippen LogP contribution is 2.16. The van der Waals surface area contributed by atoms with E-state index in [1.54, 1.807) is 30.1 Å². The maximum absolute atomic E-state index is 12.8. The van der Waals surface area contributed by atoms with Crippen molar-refractivity contribution in [3.63, 3.8) is 0 Å². The molecule has 1 saturated heterocycles. The highest BCUT2D eigenvalue weighted by molar-refractivity contribution is 5.91. The van der Waals surface area contributed by atoms with Crippen LogP contribution in [0, 0.1) is 5.82 Å². The van der Waals surface area contributed by atoms with Gasteiger partial charge >= 0.3 is 0 Å². The Morgan fingerprint density at radius 2 is 2.19 bits per heavy atom. The second-order valence-electron chi connectivity index (χ2n) is 6.56.